The van der Waals surface area contributed by atoms with E-state index in [2.05, 4.69) is 25.9 Å². The molecule has 106 valence electrons. The van der Waals surface area contributed by atoms with E-state index in [0.29, 0.717) is 15.3 Å². The molecule has 0 amide bonds. The Morgan fingerprint density at radius 3 is 2.75 bits per heavy atom. The minimum Gasteiger partial charge on any atom is -0.461 e. The molecule has 20 heavy (non-hydrogen) atoms. The van der Waals surface area contributed by atoms with Crippen LogP contribution in [0.2, 0.25) is 5.02 Å². The smallest absolute Gasteiger partial charge is 0.358 e. The third-order valence-corrected chi connectivity index (χ3v) is 3.26. The molecule has 1 aromatic carbocycles. The van der Waals surface area contributed by atoms with E-state index < -0.39 is 12.1 Å². The topological polar surface area (TPSA) is 75.2 Å². The number of aliphatic hydroxyl groups excluding tert-OH is 1. The summed E-state index contributed by atoms with van der Waals surface area (Å²) in [5.74, 6) is -0.586. The predicted molar refractivity (Wildman–Crippen MR) is 77.8 cm³/mol. The van der Waals surface area contributed by atoms with Gasteiger partial charge in [0.1, 0.15) is 6.10 Å². The van der Waals surface area contributed by atoms with E-state index in [4.69, 9.17) is 16.3 Å². The van der Waals surface area contributed by atoms with Crippen LogP contribution in [0.4, 0.5) is 0 Å². The molecule has 0 saturated carbocycles. The Morgan fingerprint density at radius 1 is 1.50 bits per heavy atom. The van der Waals surface area contributed by atoms with Crippen molar-refractivity contribution in [3.8, 4) is 0 Å². The maximum Gasteiger partial charge on any atom is 0.358 e. The van der Waals surface area contributed by atoms with Crippen LogP contribution in [0.1, 0.15) is 34.8 Å². The van der Waals surface area contributed by atoms with Crippen molar-refractivity contribution in [2.45, 2.75) is 13.0 Å². The van der Waals surface area contributed by atoms with E-state index in [1.54, 1.807) is 31.2 Å². The van der Waals surface area contributed by atoms with Gasteiger partial charge in [-0.15, -0.1) is 0 Å². The molecule has 2 N–H and O–H groups in total. The highest BCUT2D eigenvalue weighted by Gasteiger charge is 2.24. The molecule has 0 spiro atoms. The summed E-state index contributed by atoms with van der Waals surface area (Å²) in [5.41, 5.74) is 0.926. The largest absolute Gasteiger partial charge is 0.461 e. The van der Waals surface area contributed by atoms with Gasteiger partial charge in [-0.1, -0.05) is 23.7 Å². The number of nitrogens with zero attached hydrogens (tertiary/aromatic N) is 1. The monoisotopic (exact) mass is 358 g/mol. The number of esters is 1. The van der Waals surface area contributed by atoms with Gasteiger partial charge >= 0.3 is 5.97 Å². The molecule has 0 saturated heterocycles. The highest BCUT2D eigenvalue weighted by atomic mass is 79.9. The van der Waals surface area contributed by atoms with Crippen molar-refractivity contribution in [1.29, 1.82) is 0 Å². The Labute approximate surface area is 129 Å². The molecule has 1 unspecified atom stereocenters. The third kappa shape index (κ3) is 3.20. The zero-order valence-corrected chi connectivity index (χ0v) is 12.9. The lowest BCUT2D eigenvalue weighted by Crippen LogP contribution is -2.11. The molecular formula is C13H12BrClN2O3. The van der Waals surface area contributed by atoms with E-state index in [0.717, 1.165) is 0 Å². The van der Waals surface area contributed by atoms with Crippen LogP contribution in [-0.2, 0) is 4.74 Å². The minimum absolute atomic E-state index is 0.0566. The number of carbonyl (C=O) groups is 1. The number of imidazole rings is 1. The van der Waals surface area contributed by atoms with E-state index >= 15 is 0 Å². The van der Waals surface area contributed by atoms with Gasteiger partial charge < -0.3 is 14.8 Å². The predicted octanol–water partition coefficient (Wildman–Crippen LogP) is 3.08. The van der Waals surface area contributed by atoms with Gasteiger partial charge in [0.25, 0.3) is 0 Å². The van der Waals surface area contributed by atoms with Gasteiger partial charge in [0.05, 0.1) is 12.3 Å². The first-order valence-corrected chi connectivity index (χ1v) is 7.06. The van der Waals surface area contributed by atoms with Gasteiger partial charge in [0.15, 0.2) is 10.4 Å². The Morgan fingerprint density at radius 2 is 2.15 bits per heavy atom. The Balaban J connectivity index is 2.36. The van der Waals surface area contributed by atoms with Crippen molar-refractivity contribution < 1.29 is 14.6 Å². The number of rotatable bonds is 4. The van der Waals surface area contributed by atoms with E-state index in [1.165, 1.54) is 0 Å². The van der Waals surface area contributed by atoms with Crippen LogP contribution < -0.4 is 0 Å². The Kier molecular flexibility index (Phi) is 4.80. The normalized spacial score (nSPS) is 12.2. The van der Waals surface area contributed by atoms with E-state index in [1.807, 2.05) is 0 Å². The lowest BCUT2D eigenvalue weighted by Gasteiger charge is -2.11. The van der Waals surface area contributed by atoms with Crippen molar-refractivity contribution in [3.05, 3.63) is 51.0 Å². The average molecular weight is 360 g/mol. The van der Waals surface area contributed by atoms with Crippen LogP contribution in [0, 0.1) is 0 Å². The minimum atomic E-state index is -1.02. The zero-order valence-electron chi connectivity index (χ0n) is 10.6. The van der Waals surface area contributed by atoms with Crippen molar-refractivity contribution >= 4 is 33.5 Å². The third-order valence-electron chi connectivity index (χ3n) is 2.63. The lowest BCUT2D eigenvalue weighted by molar-refractivity contribution is 0.0514. The van der Waals surface area contributed by atoms with Gasteiger partial charge in [0.2, 0.25) is 0 Å². The number of benzene rings is 1. The second kappa shape index (κ2) is 6.39. The quantitative estimate of drug-likeness (QED) is 0.823. The summed E-state index contributed by atoms with van der Waals surface area (Å²) < 4.78 is 5.26. The van der Waals surface area contributed by atoms with Gasteiger partial charge in [0, 0.05) is 5.02 Å². The van der Waals surface area contributed by atoms with Gasteiger partial charge in [-0.25, -0.2) is 9.78 Å². The van der Waals surface area contributed by atoms with Gasteiger partial charge in [-0.2, -0.15) is 0 Å². The molecule has 0 bridgehead atoms. The van der Waals surface area contributed by atoms with Crippen molar-refractivity contribution in [2.75, 3.05) is 6.61 Å². The fourth-order valence-electron chi connectivity index (χ4n) is 1.72. The van der Waals surface area contributed by atoms with Crippen molar-refractivity contribution in [2.24, 2.45) is 0 Å². The summed E-state index contributed by atoms with van der Waals surface area (Å²) in [5, 5.41) is 10.9. The number of hydrogen-bond acceptors (Lipinski definition) is 4. The molecule has 2 aromatic rings. The van der Waals surface area contributed by atoms with Gasteiger partial charge in [-0.3, -0.25) is 0 Å². The number of carbonyl (C=O) groups excluding carboxylic acids is 1. The molecular weight excluding hydrogens is 348 g/mol. The maximum atomic E-state index is 11.8. The first-order valence-electron chi connectivity index (χ1n) is 5.89. The summed E-state index contributed by atoms with van der Waals surface area (Å²) in [6.07, 6.45) is -1.02. The first kappa shape index (κ1) is 15.0. The average Bonchev–Trinajstić information content (AvgIpc) is 2.81. The Hall–Kier alpha value is -1.37. The summed E-state index contributed by atoms with van der Waals surface area (Å²) in [7, 11) is 0. The number of aliphatic hydroxyl groups is 1. The molecule has 0 aliphatic rings. The molecule has 1 aromatic heterocycles. The number of H-pyrrole nitrogens is 1. The molecule has 5 nitrogen and oxygen atoms in total. The standard InChI is InChI=1S/C13H12BrClN2O3/c1-2-20-12(19)10-9(16-13(14)17-10)11(18)7-3-5-8(15)6-4-7/h3-6,11,18H,2H2,1H3,(H,16,17). The summed E-state index contributed by atoms with van der Waals surface area (Å²) in [6.45, 7) is 1.94. The molecule has 0 aliphatic carbocycles. The number of ether oxygens (including phenoxy) is 1. The molecule has 2 rings (SSSR count). The first-order chi connectivity index (χ1) is 9.52. The fourth-order valence-corrected chi connectivity index (χ4v) is 2.24. The fraction of sp³-hybridized carbons (Fsp3) is 0.231. The van der Waals surface area contributed by atoms with Crippen molar-refractivity contribution in [1.82, 2.24) is 9.97 Å². The highest BCUT2D eigenvalue weighted by Crippen LogP contribution is 2.26. The van der Waals surface area contributed by atoms with Gasteiger partial charge in [-0.05, 0) is 40.5 Å². The molecule has 0 fully saturated rings. The Bertz CT molecular complexity index is 613. The van der Waals surface area contributed by atoms with Crippen LogP contribution in [0.5, 0.6) is 0 Å². The second-order valence-corrected chi connectivity index (χ2v) is 5.15. The van der Waals surface area contributed by atoms with Crippen LogP contribution >= 0.6 is 27.5 Å². The van der Waals surface area contributed by atoms with E-state index in [-0.39, 0.29) is 18.0 Å². The molecule has 0 radical (unpaired) electrons. The molecule has 0 aliphatic heterocycles. The molecule has 7 heteroatoms. The van der Waals surface area contributed by atoms with Crippen LogP contribution in [0.15, 0.2) is 29.0 Å². The van der Waals surface area contributed by atoms with Crippen LogP contribution in [0.25, 0.3) is 0 Å². The second-order valence-electron chi connectivity index (χ2n) is 3.96. The lowest BCUT2D eigenvalue weighted by atomic mass is 10.1. The number of aromatic amines is 1. The van der Waals surface area contributed by atoms with Crippen LogP contribution in [-0.4, -0.2) is 27.7 Å². The van der Waals surface area contributed by atoms with Crippen molar-refractivity contribution in [3.63, 3.8) is 0 Å². The molecule has 1 heterocycles. The number of aromatic nitrogens is 2. The number of hydrogen-bond donors (Lipinski definition) is 2. The maximum absolute atomic E-state index is 11.8. The number of nitrogens with one attached hydrogen (secondary N) is 1. The SMILES string of the molecule is CCOC(=O)c1nc(Br)[nH]c1C(O)c1ccc(Cl)cc1. The zero-order chi connectivity index (χ0) is 14.7. The molecule has 1 atom stereocenters. The highest BCUT2D eigenvalue weighted by molar-refractivity contribution is 9.10. The number of halogens is 2. The van der Waals surface area contributed by atoms with Crippen LogP contribution in [0.3, 0.4) is 0 Å². The summed E-state index contributed by atoms with van der Waals surface area (Å²) in [6, 6.07) is 6.68. The van der Waals surface area contributed by atoms with E-state index in [9.17, 15) is 9.90 Å². The summed E-state index contributed by atoms with van der Waals surface area (Å²) in [4.78, 5) is 18.6. The summed E-state index contributed by atoms with van der Waals surface area (Å²) >= 11 is 8.95.